The van der Waals surface area contributed by atoms with E-state index in [1.54, 1.807) is 17.8 Å². The van der Waals surface area contributed by atoms with E-state index < -0.39 is 5.91 Å². The topological polar surface area (TPSA) is 65.8 Å². The summed E-state index contributed by atoms with van der Waals surface area (Å²) in [5.74, 6) is -0.537. The monoisotopic (exact) mass is 181 g/mol. The molecule has 1 unspecified atom stereocenters. The fraction of sp³-hybridized carbons (Fsp3) is 0.286. The molecule has 1 atom stereocenters. The van der Waals surface area contributed by atoms with Gasteiger partial charge in [0.1, 0.15) is 0 Å². The maximum atomic E-state index is 10.7. The van der Waals surface area contributed by atoms with Gasteiger partial charge in [-0.25, -0.2) is 0 Å². The lowest BCUT2D eigenvalue weighted by atomic mass is 10.3. The highest BCUT2D eigenvalue weighted by Gasteiger charge is 2.06. The average Bonchev–Trinajstić information content (AvgIpc) is 2.53. The standard InChI is InChI=1S/C7H7N3OS/c8-10-9-7(11)4-3-6-2-1-5-12-6/h1,3-6H,2H2/b4-3+. The summed E-state index contributed by atoms with van der Waals surface area (Å²) in [6, 6.07) is 0. The van der Waals surface area contributed by atoms with Gasteiger partial charge in [-0.2, -0.15) is 0 Å². The number of carbonyl (C=O) groups is 1. The molecule has 0 bridgehead atoms. The quantitative estimate of drug-likeness (QED) is 0.284. The second-order valence-corrected chi connectivity index (χ2v) is 3.32. The molecule has 0 saturated heterocycles. The van der Waals surface area contributed by atoms with Crippen molar-refractivity contribution >= 4 is 17.7 Å². The second-order valence-electron chi connectivity index (χ2n) is 2.17. The minimum absolute atomic E-state index is 0.322. The van der Waals surface area contributed by atoms with Crippen molar-refractivity contribution in [1.82, 2.24) is 0 Å². The van der Waals surface area contributed by atoms with E-state index in [1.165, 1.54) is 6.08 Å². The van der Waals surface area contributed by atoms with Gasteiger partial charge in [0, 0.05) is 10.2 Å². The van der Waals surface area contributed by atoms with Crippen LogP contribution in [0.2, 0.25) is 0 Å². The van der Waals surface area contributed by atoms with Crippen molar-refractivity contribution in [3.8, 4) is 0 Å². The largest absolute Gasteiger partial charge is 0.288 e. The maximum Gasteiger partial charge on any atom is 0.241 e. The van der Waals surface area contributed by atoms with E-state index in [0.29, 0.717) is 5.25 Å². The van der Waals surface area contributed by atoms with E-state index in [-0.39, 0.29) is 0 Å². The van der Waals surface area contributed by atoms with E-state index in [9.17, 15) is 4.79 Å². The summed E-state index contributed by atoms with van der Waals surface area (Å²) in [6.07, 6.45) is 6.04. The van der Waals surface area contributed by atoms with Crippen molar-refractivity contribution in [2.45, 2.75) is 11.7 Å². The zero-order valence-corrected chi connectivity index (χ0v) is 7.07. The molecule has 62 valence electrons. The molecule has 4 nitrogen and oxygen atoms in total. The van der Waals surface area contributed by atoms with Crippen LogP contribution in [-0.2, 0) is 4.79 Å². The third-order valence-corrected chi connectivity index (χ3v) is 2.36. The Bertz CT molecular complexity index is 270. The second kappa shape index (κ2) is 4.64. The Morgan fingerprint density at radius 1 is 1.83 bits per heavy atom. The van der Waals surface area contributed by atoms with Crippen molar-refractivity contribution in [3.05, 3.63) is 34.1 Å². The molecule has 0 radical (unpaired) electrons. The molecular formula is C7H7N3OS. The van der Waals surface area contributed by atoms with Crippen LogP contribution < -0.4 is 0 Å². The molecule has 0 spiro atoms. The molecule has 1 amide bonds. The van der Waals surface area contributed by atoms with Crippen molar-refractivity contribution in [2.24, 2.45) is 5.11 Å². The van der Waals surface area contributed by atoms with Crippen LogP contribution in [0.1, 0.15) is 6.42 Å². The van der Waals surface area contributed by atoms with Gasteiger partial charge in [-0.3, -0.25) is 4.79 Å². The van der Waals surface area contributed by atoms with E-state index >= 15 is 0 Å². The fourth-order valence-electron chi connectivity index (χ4n) is 0.793. The molecule has 0 aromatic heterocycles. The molecular weight excluding hydrogens is 174 g/mol. The fourth-order valence-corrected chi connectivity index (χ4v) is 1.61. The van der Waals surface area contributed by atoms with Crippen LogP contribution in [0.5, 0.6) is 0 Å². The zero-order chi connectivity index (χ0) is 8.81. The molecule has 1 rings (SSSR count). The summed E-state index contributed by atoms with van der Waals surface area (Å²) < 4.78 is 0. The van der Waals surface area contributed by atoms with Crippen molar-refractivity contribution in [3.63, 3.8) is 0 Å². The molecule has 0 aromatic rings. The third kappa shape index (κ3) is 2.82. The normalized spacial score (nSPS) is 21.2. The Kier molecular flexibility index (Phi) is 3.44. The van der Waals surface area contributed by atoms with Gasteiger partial charge in [0.2, 0.25) is 5.91 Å². The predicted molar refractivity (Wildman–Crippen MR) is 48.4 cm³/mol. The Morgan fingerprint density at radius 2 is 2.67 bits per heavy atom. The number of amides is 1. The number of hydrogen-bond acceptors (Lipinski definition) is 2. The zero-order valence-electron chi connectivity index (χ0n) is 6.25. The summed E-state index contributed by atoms with van der Waals surface area (Å²) in [5.41, 5.74) is 7.91. The minimum atomic E-state index is -0.537. The van der Waals surface area contributed by atoms with Crippen LogP contribution >= 0.6 is 11.8 Å². The van der Waals surface area contributed by atoms with Crippen molar-refractivity contribution in [2.75, 3.05) is 0 Å². The van der Waals surface area contributed by atoms with Crippen LogP contribution in [0, 0.1) is 0 Å². The Labute approximate surface area is 74.0 Å². The van der Waals surface area contributed by atoms with Gasteiger partial charge in [-0.05, 0) is 28.6 Å². The van der Waals surface area contributed by atoms with Crippen molar-refractivity contribution in [1.29, 1.82) is 0 Å². The summed E-state index contributed by atoms with van der Waals surface area (Å²) >= 11 is 1.65. The maximum absolute atomic E-state index is 10.7. The number of rotatable bonds is 2. The van der Waals surface area contributed by atoms with Crippen molar-refractivity contribution < 1.29 is 4.79 Å². The molecule has 0 fully saturated rings. The number of carbonyl (C=O) groups excluding carboxylic acids is 1. The SMILES string of the molecule is [N-]=[N+]=NC(=O)/C=C/C1CC=CS1. The Morgan fingerprint density at radius 3 is 3.25 bits per heavy atom. The van der Waals surface area contributed by atoms with Gasteiger partial charge in [0.15, 0.2) is 0 Å². The highest BCUT2D eigenvalue weighted by Crippen LogP contribution is 2.24. The number of hydrogen-bond donors (Lipinski definition) is 0. The molecule has 1 aliphatic rings. The van der Waals surface area contributed by atoms with Crippen LogP contribution in [0.4, 0.5) is 0 Å². The number of nitrogens with zero attached hydrogens (tertiary/aromatic N) is 3. The van der Waals surface area contributed by atoms with Gasteiger partial charge < -0.3 is 0 Å². The van der Waals surface area contributed by atoms with Gasteiger partial charge in [0.05, 0.1) is 0 Å². The third-order valence-electron chi connectivity index (χ3n) is 1.31. The molecule has 0 saturated carbocycles. The highest BCUT2D eigenvalue weighted by atomic mass is 32.2. The summed E-state index contributed by atoms with van der Waals surface area (Å²) in [7, 11) is 0. The van der Waals surface area contributed by atoms with Gasteiger partial charge >= 0.3 is 0 Å². The van der Waals surface area contributed by atoms with E-state index in [1.807, 2.05) is 11.5 Å². The molecule has 0 aliphatic carbocycles. The summed E-state index contributed by atoms with van der Waals surface area (Å²) in [5, 5.41) is 5.23. The van der Waals surface area contributed by atoms with Gasteiger partial charge in [-0.15, -0.1) is 11.8 Å². The summed E-state index contributed by atoms with van der Waals surface area (Å²) in [4.78, 5) is 13.0. The first-order valence-corrected chi connectivity index (χ1v) is 4.35. The molecule has 5 heteroatoms. The average molecular weight is 181 g/mol. The molecule has 1 aliphatic heterocycles. The minimum Gasteiger partial charge on any atom is -0.288 e. The first-order valence-electron chi connectivity index (χ1n) is 3.40. The lowest BCUT2D eigenvalue weighted by molar-refractivity contribution is -0.113. The highest BCUT2D eigenvalue weighted by molar-refractivity contribution is 8.03. The molecule has 0 N–H and O–H groups in total. The van der Waals surface area contributed by atoms with E-state index in [4.69, 9.17) is 5.53 Å². The van der Waals surface area contributed by atoms with Crippen LogP contribution in [0.15, 0.2) is 28.8 Å². The Hall–Kier alpha value is -1.19. The molecule has 0 aromatic carbocycles. The van der Waals surface area contributed by atoms with Gasteiger partial charge in [0.25, 0.3) is 0 Å². The first kappa shape index (κ1) is 8.90. The van der Waals surface area contributed by atoms with Gasteiger partial charge in [-0.1, -0.05) is 12.2 Å². The predicted octanol–water partition coefficient (Wildman–Crippen LogP) is 2.40. The number of azide groups is 1. The number of thioether (sulfide) groups is 1. The first-order chi connectivity index (χ1) is 5.83. The van der Waals surface area contributed by atoms with E-state index in [0.717, 1.165) is 6.42 Å². The summed E-state index contributed by atoms with van der Waals surface area (Å²) in [6.45, 7) is 0. The van der Waals surface area contributed by atoms with E-state index in [2.05, 4.69) is 10.0 Å². The molecule has 12 heavy (non-hydrogen) atoms. The molecule has 1 heterocycles. The smallest absolute Gasteiger partial charge is 0.241 e. The Balaban J connectivity index is 2.39. The van der Waals surface area contributed by atoms with Crippen LogP contribution in [-0.4, -0.2) is 11.2 Å². The lowest BCUT2D eigenvalue weighted by Gasteiger charge is -1.97. The van der Waals surface area contributed by atoms with Crippen LogP contribution in [0.3, 0.4) is 0 Å². The van der Waals surface area contributed by atoms with Crippen LogP contribution in [0.25, 0.3) is 10.4 Å². The lowest BCUT2D eigenvalue weighted by Crippen LogP contribution is -1.92. The number of allylic oxidation sites excluding steroid dienone is 1.